The highest BCUT2D eigenvalue weighted by molar-refractivity contribution is 5.87. The zero-order chi connectivity index (χ0) is 29.1. The Morgan fingerprint density at radius 2 is 1.83 bits per heavy atom. The largest absolute Gasteiger partial charge is 0.462 e. The van der Waals surface area contributed by atoms with Crippen LogP contribution < -0.4 is 10.4 Å². The Balaban J connectivity index is 1.35. The molecule has 2 unspecified atom stereocenters. The Hall–Kier alpha value is -3.24. The number of hydrogen-bond acceptors (Lipinski definition) is 8. The summed E-state index contributed by atoms with van der Waals surface area (Å²) in [6, 6.07) is 1.10. The molecule has 1 amide bonds. The maximum Gasteiger partial charge on any atom is 0.354 e. The standard InChI is InChI=1S/C30H41N5O6/c1-17-22(16-36)34-15-24(17)41-28-32-25-9-10-31-35(25)29(39)33(28)11-7-5-6-8-19-20-12-18(20)13-23(19)40-26(37)14-21(27(34)38)30(2,3)4/h9-10,16-24H,5-8,11-15H2,1-4H3/t17-,18?,19+,20?,21+,22+,23+,24-/m0/s1. The van der Waals surface area contributed by atoms with Gasteiger partial charge in [0.1, 0.15) is 18.5 Å². The second kappa shape index (κ2) is 10.5. The first-order chi connectivity index (χ1) is 19.6. The number of hydrogen-bond donors (Lipinski definition) is 0. The van der Waals surface area contributed by atoms with Crippen molar-refractivity contribution in [2.24, 2.45) is 35.0 Å². The molecule has 2 aliphatic carbocycles. The Morgan fingerprint density at radius 1 is 1.02 bits per heavy atom. The lowest BCUT2D eigenvalue weighted by Gasteiger charge is -2.34. The van der Waals surface area contributed by atoms with Gasteiger partial charge >= 0.3 is 17.7 Å². The lowest BCUT2D eigenvalue weighted by molar-refractivity contribution is -0.158. The molecule has 0 radical (unpaired) electrons. The molecular weight excluding hydrogens is 526 g/mol. The number of esters is 1. The van der Waals surface area contributed by atoms with Crippen molar-refractivity contribution in [3.63, 3.8) is 0 Å². The van der Waals surface area contributed by atoms with E-state index in [-0.39, 0.29) is 48.6 Å². The summed E-state index contributed by atoms with van der Waals surface area (Å²) in [5.74, 6) is 0.000675. The first kappa shape index (κ1) is 27.9. The van der Waals surface area contributed by atoms with Crippen LogP contribution in [-0.2, 0) is 25.7 Å². The van der Waals surface area contributed by atoms with Crippen molar-refractivity contribution in [3.05, 3.63) is 22.7 Å². The second-order valence-electron chi connectivity index (χ2n) is 13.6. The first-order valence-electron chi connectivity index (χ1n) is 15.1. The number of amides is 1. The molecule has 2 aromatic rings. The van der Waals surface area contributed by atoms with Crippen molar-refractivity contribution in [1.82, 2.24) is 24.1 Å². The Kier molecular flexibility index (Phi) is 7.18. The number of carbonyl (C=O) groups excluding carboxylic acids is 3. The number of rotatable bonds is 1. The summed E-state index contributed by atoms with van der Waals surface area (Å²) in [7, 11) is 0. The highest BCUT2D eigenvalue weighted by Gasteiger charge is 2.54. The van der Waals surface area contributed by atoms with E-state index in [2.05, 4.69) is 10.1 Å². The van der Waals surface area contributed by atoms with Gasteiger partial charge in [0.25, 0.3) is 0 Å². The zero-order valence-corrected chi connectivity index (χ0v) is 24.4. The van der Waals surface area contributed by atoms with Gasteiger partial charge in [-0.2, -0.15) is 14.6 Å². The SMILES string of the molecule is C[C@@H]1[C@@H]2CN(C(=O)[C@H](C(C)(C)C)CC(=O)O[C@@H]3CC4CC4[C@H]3CCCCCn3c(nc4ccnn4c3=O)O2)[C@@H]1C=O. The van der Waals surface area contributed by atoms with Crippen LogP contribution in [0.2, 0.25) is 0 Å². The molecule has 2 aromatic heterocycles. The minimum Gasteiger partial charge on any atom is -0.462 e. The average Bonchev–Trinajstić information content (AvgIpc) is 3.21. The van der Waals surface area contributed by atoms with Gasteiger partial charge in [0.2, 0.25) is 5.91 Å². The van der Waals surface area contributed by atoms with Crippen LogP contribution >= 0.6 is 0 Å². The van der Waals surface area contributed by atoms with E-state index in [1.807, 2.05) is 27.7 Å². The van der Waals surface area contributed by atoms with Gasteiger partial charge in [0, 0.05) is 18.5 Å². The van der Waals surface area contributed by atoms with Crippen molar-refractivity contribution >= 4 is 23.8 Å². The molecule has 11 nitrogen and oxygen atoms in total. The van der Waals surface area contributed by atoms with Crippen molar-refractivity contribution < 1.29 is 23.9 Å². The summed E-state index contributed by atoms with van der Waals surface area (Å²) >= 11 is 0. The normalized spacial score (nSPS) is 34.6. The van der Waals surface area contributed by atoms with E-state index in [9.17, 15) is 19.2 Å². The summed E-state index contributed by atoms with van der Waals surface area (Å²) in [6.45, 7) is 8.25. The third-order valence-corrected chi connectivity index (χ3v) is 9.97. The molecule has 41 heavy (non-hydrogen) atoms. The lowest BCUT2D eigenvalue weighted by atomic mass is 9.77. The summed E-state index contributed by atoms with van der Waals surface area (Å²) in [5.41, 5.74) is -0.475. The summed E-state index contributed by atoms with van der Waals surface area (Å²) in [5, 5.41) is 4.13. The molecule has 0 aromatic carbocycles. The smallest absolute Gasteiger partial charge is 0.354 e. The van der Waals surface area contributed by atoms with Gasteiger partial charge < -0.3 is 19.2 Å². The van der Waals surface area contributed by atoms with E-state index in [0.29, 0.717) is 29.9 Å². The maximum atomic E-state index is 14.1. The molecule has 4 heterocycles. The molecular formula is C30H41N5O6. The molecule has 1 saturated heterocycles. The Morgan fingerprint density at radius 3 is 2.59 bits per heavy atom. The maximum absolute atomic E-state index is 14.1. The van der Waals surface area contributed by atoms with Crippen LogP contribution in [0.3, 0.4) is 0 Å². The van der Waals surface area contributed by atoms with E-state index in [4.69, 9.17) is 9.47 Å². The number of fused-ring (bicyclic) bond motifs is 7. The zero-order valence-electron chi connectivity index (χ0n) is 24.4. The van der Waals surface area contributed by atoms with Gasteiger partial charge in [-0.1, -0.05) is 40.5 Å². The first-order valence-corrected chi connectivity index (χ1v) is 15.1. The summed E-state index contributed by atoms with van der Waals surface area (Å²) < 4.78 is 15.2. The van der Waals surface area contributed by atoms with E-state index < -0.39 is 23.5 Å². The van der Waals surface area contributed by atoms with Crippen LogP contribution in [0.5, 0.6) is 6.01 Å². The van der Waals surface area contributed by atoms with Crippen LogP contribution in [0.15, 0.2) is 17.1 Å². The van der Waals surface area contributed by atoms with Gasteiger partial charge in [-0.15, -0.1) is 0 Å². The van der Waals surface area contributed by atoms with Gasteiger partial charge in [0.05, 0.1) is 31.1 Å². The Labute approximate surface area is 239 Å². The van der Waals surface area contributed by atoms with E-state index >= 15 is 0 Å². The van der Waals surface area contributed by atoms with Crippen molar-refractivity contribution in [1.29, 1.82) is 0 Å². The molecule has 2 aliphatic heterocycles. The molecule has 11 heteroatoms. The summed E-state index contributed by atoms with van der Waals surface area (Å²) in [4.78, 5) is 59.2. The number of carbonyl (C=O) groups is 3. The number of aromatic nitrogens is 4. The molecule has 0 N–H and O–H groups in total. The molecule has 0 spiro atoms. The lowest BCUT2D eigenvalue weighted by Crippen LogP contribution is -2.46. The molecule has 3 fully saturated rings. The molecule has 2 bridgehead atoms. The minimum atomic E-state index is -0.722. The predicted molar refractivity (Wildman–Crippen MR) is 148 cm³/mol. The van der Waals surface area contributed by atoms with E-state index in [0.717, 1.165) is 38.4 Å². The predicted octanol–water partition coefficient (Wildman–Crippen LogP) is 2.88. The van der Waals surface area contributed by atoms with Gasteiger partial charge in [-0.25, -0.2) is 9.36 Å². The van der Waals surface area contributed by atoms with Gasteiger partial charge in [-0.3, -0.25) is 9.59 Å². The molecule has 222 valence electrons. The van der Waals surface area contributed by atoms with E-state index in [1.54, 1.807) is 11.0 Å². The third-order valence-electron chi connectivity index (χ3n) is 9.97. The van der Waals surface area contributed by atoms with Crippen molar-refractivity contribution in [2.45, 2.75) is 97.4 Å². The second-order valence-corrected chi connectivity index (χ2v) is 13.6. The topological polar surface area (TPSA) is 125 Å². The number of aldehydes is 1. The van der Waals surface area contributed by atoms with Crippen LogP contribution in [0.4, 0.5) is 0 Å². The van der Waals surface area contributed by atoms with Crippen LogP contribution in [0.25, 0.3) is 5.65 Å². The molecule has 6 rings (SSSR count). The number of nitrogens with zero attached hydrogens (tertiary/aromatic N) is 5. The van der Waals surface area contributed by atoms with Gasteiger partial charge in [0.15, 0.2) is 5.65 Å². The fraction of sp³-hybridized carbons (Fsp3) is 0.733. The molecule has 2 saturated carbocycles. The minimum absolute atomic E-state index is 0.0259. The summed E-state index contributed by atoms with van der Waals surface area (Å²) in [6.07, 6.45) is 7.35. The molecule has 4 aliphatic rings. The fourth-order valence-corrected chi connectivity index (χ4v) is 7.39. The molecule has 8 atom stereocenters. The average molecular weight is 568 g/mol. The van der Waals surface area contributed by atoms with Crippen LogP contribution in [-0.4, -0.2) is 67.0 Å². The van der Waals surface area contributed by atoms with Crippen molar-refractivity contribution in [2.75, 3.05) is 6.54 Å². The Bertz CT molecular complexity index is 1390. The fourth-order valence-electron chi connectivity index (χ4n) is 7.39. The van der Waals surface area contributed by atoms with Crippen LogP contribution in [0.1, 0.15) is 72.6 Å². The van der Waals surface area contributed by atoms with Gasteiger partial charge in [-0.05, 0) is 48.9 Å². The third kappa shape index (κ3) is 5.16. The highest BCUT2D eigenvalue weighted by atomic mass is 16.5. The number of ether oxygens (including phenoxy) is 2. The highest BCUT2D eigenvalue weighted by Crippen LogP contribution is 2.57. The van der Waals surface area contributed by atoms with Crippen molar-refractivity contribution in [3.8, 4) is 6.01 Å². The van der Waals surface area contributed by atoms with E-state index in [1.165, 1.54) is 21.7 Å². The van der Waals surface area contributed by atoms with Crippen LogP contribution in [0, 0.1) is 35.0 Å². The monoisotopic (exact) mass is 567 g/mol. The quantitative estimate of drug-likeness (QED) is 0.381.